The van der Waals surface area contributed by atoms with E-state index in [-0.39, 0.29) is 22.4 Å². The number of nitro groups is 1. The van der Waals surface area contributed by atoms with E-state index in [1.807, 2.05) is 6.92 Å². The lowest BCUT2D eigenvalue weighted by molar-refractivity contribution is -0.384. The lowest BCUT2D eigenvalue weighted by Crippen LogP contribution is -2.14. The number of hydrogen-bond donors (Lipinski definition) is 1. The van der Waals surface area contributed by atoms with Gasteiger partial charge in [-0.25, -0.2) is 0 Å². The van der Waals surface area contributed by atoms with Crippen LogP contribution in [0, 0.1) is 17.0 Å². The highest BCUT2D eigenvalue weighted by Crippen LogP contribution is 2.28. The summed E-state index contributed by atoms with van der Waals surface area (Å²) >= 11 is 7.18. The van der Waals surface area contributed by atoms with Crippen LogP contribution in [0.5, 0.6) is 0 Å². The van der Waals surface area contributed by atoms with Gasteiger partial charge < -0.3 is 14.3 Å². The summed E-state index contributed by atoms with van der Waals surface area (Å²) in [5, 5.41) is 22.2. The number of nitrogens with one attached hydrogen (secondary N) is 1. The first-order valence-electron chi connectivity index (χ1n) is 7.67. The van der Waals surface area contributed by atoms with Crippen molar-refractivity contribution >= 4 is 40.6 Å². The molecule has 0 saturated heterocycles. The van der Waals surface area contributed by atoms with Gasteiger partial charge in [0.15, 0.2) is 11.0 Å². The van der Waals surface area contributed by atoms with E-state index in [0.29, 0.717) is 16.7 Å². The molecule has 0 fully saturated rings. The van der Waals surface area contributed by atoms with Crippen molar-refractivity contribution in [3.8, 4) is 11.4 Å². The van der Waals surface area contributed by atoms with Gasteiger partial charge in [-0.1, -0.05) is 23.4 Å². The van der Waals surface area contributed by atoms with Crippen LogP contribution < -0.4 is 5.32 Å². The van der Waals surface area contributed by atoms with Crippen molar-refractivity contribution in [1.82, 2.24) is 14.8 Å². The van der Waals surface area contributed by atoms with Crippen LogP contribution in [0.2, 0.25) is 5.02 Å². The fourth-order valence-electron chi connectivity index (χ4n) is 2.33. The lowest BCUT2D eigenvalue weighted by Gasteiger charge is -2.07. The number of hydrogen-bond acceptors (Lipinski definition) is 7. The molecule has 0 unspecified atom stereocenters. The molecule has 1 amide bonds. The van der Waals surface area contributed by atoms with E-state index >= 15 is 0 Å². The van der Waals surface area contributed by atoms with Gasteiger partial charge in [-0.3, -0.25) is 14.9 Å². The van der Waals surface area contributed by atoms with Crippen LogP contribution in [0.15, 0.2) is 40.1 Å². The minimum atomic E-state index is -0.555. The van der Waals surface area contributed by atoms with Crippen LogP contribution in [0.4, 0.5) is 11.4 Å². The minimum Gasteiger partial charge on any atom is -0.469 e. The molecule has 27 heavy (non-hydrogen) atoms. The number of carbonyl (C=O) groups excluding carboxylic acids is 1. The number of benzene rings is 1. The normalized spacial score (nSPS) is 10.8. The van der Waals surface area contributed by atoms with Gasteiger partial charge in [-0.15, -0.1) is 10.2 Å². The van der Waals surface area contributed by atoms with E-state index in [2.05, 4.69) is 15.5 Å². The van der Waals surface area contributed by atoms with E-state index in [0.717, 1.165) is 11.3 Å². The number of rotatable bonds is 6. The Balaban J connectivity index is 1.64. The van der Waals surface area contributed by atoms with Gasteiger partial charge in [0, 0.05) is 19.2 Å². The molecule has 9 nitrogen and oxygen atoms in total. The number of aryl methyl sites for hydroxylation is 1. The lowest BCUT2D eigenvalue weighted by atomic mass is 10.2. The number of thioether (sulfide) groups is 1. The fourth-order valence-corrected chi connectivity index (χ4v) is 3.26. The maximum atomic E-state index is 12.2. The van der Waals surface area contributed by atoms with Crippen molar-refractivity contribution in [1.29, 1.82) is 0 Å². The number of furan rings is 1. The topological polar surface area (TPSA) is 116 Å². The first-order valence-corrected chi connectivity index (χ1v) is 9.03. The zero-order valence-corrected chi connectivity index (χ0v) is 15.9. The number of carbonyl (C=O) groups is 1. The average Bonchev–Trinajstić information content (AvgIpc) is 3.20. The summed E-state index contributed by atoms with van der Waals surface area (Å²) in [6.07, 6.45) is 1.58. The fraction of sp³-hybridized carbons (Fsp3) is 0.188. The zero-order chi connectivity index (χ0) is 19.6. The first-order chi connectivity index (χ1) is 12.9. The van der Waals surface area contributed by atoms with Crippen LogP contribution in [0.25, 0.3) is 11.4 Å². The Morgan fingerprint density at radius 2 is 2.19 bits per heavy atom. The van der Waals surface area contributed by atoms with Crippen LogP contribution >= 0.6 is 23.4 Å². The molecule has 2 aromatic heterocycles. The number of nitrogens with zero attached hydrogens (tertiary/aromatic N) is 4. The molecule has 140 valence electrons. The molecule has 2 heterocycles. The molecule has 3 rings (SSSR count). The Morgan fingerprint density at radius 3 is 2.81 bits per heavy atom. The third-order valence-corrected chi connectivity index (χ3v) is 5.04. The number of aromatic nitrogens is 3. The molecule has 0 bridgehead atoms. The predicted molar refractivity (Wildman–Crippen MR) is 101 cm³/mol. The van der Waals surface area contributed by atoms with E-state index in [1.165, 1.54) is 30.0 Å². The maximum Gasteiger partial charge on any atom is 0.271 e. The van der Waals surface area contributed by atoms with Crippen LogP contribution in [-0.2, 0) is 11.8 Å². The third-order valence-electron chi connectivity index (χ3n) is 3.70. The van der Waals surface area contributed by atoms with Crippen molar-refractivity contribution in [2.45, 2.75) is 12.1 Å². The second-order valence-electron chi connectivity index (χ2n) is 5.51. The summed E-state index contributed by atoms with van der Waals surface area (Å²) in [4.78, 5) is 22.3. The predicted octanol–water partition coefficient (Wildman–Crippen LogP) is 3.68. The summed E-state index contributed by atoms with van der Waals surface area (Å²) in [6, 6.07) is 5.66. The van der Waals surface area contributed by atoms with E-state index in [9.17, 15) is 14.9 Å². The second kappa shape index (κ2) is 7.80. The van der Waals surface area contributed by atoms with E-state index in [4.69, 9.17) is 16.0 Å². The second-order valence-corrected chi connectivity index (χ2v) is 6.86. The van der Waals surface area contributed by atoms with Crippen LogP contribution in [0.3, 0.4) is 0 Å². The van der Waals surface area contributed by atoms with Crippen LogP contribution in [-0.4, -0.2) is 31.3 Å². The number of amides is 1. The van der Waals surface area contributed by atoms with Crippen LogP contribution in [0.1, 0.15) is 5.76 Å². The van der Waals surface area contributed by atoms with Gasteiger partial charge in [0.25, 0.3) is 5.69 Å². The molecular formula is C16H14ClN5O4S. The van der Waals surface area contributed by atoms with Gasteiger partial charge in [0.05, 0.1) is 33.2 Å². The number of halogens is 1. The van der Waals surface area contributed by atoms with Gasteiger partial charge in [-0.05, 0) is 19.1 Å². The Bertz CT molecular complexity index is 1020. The number of anilines is 1. The van der Waals surface area contributed by atoms with Gasteiger partial charge in [0.2, 0.25) is 5.91 Å². The first kappa shape index (κ1) is 18.9. The molecule has 0 aliphatic heterocycles. The molecule has 0 radical (unpaired) electrons. The number of nitro benzene ring substituents is 1. The summed E-state index contributed by atoms with van der Waals surface area (Å²) in [5.74, 6) is 1.12. The Morgan fingerprint density at radius 1 is 1.41 bits per heavy atom. The van der Waals surface area contributed by atoms with E-state index in [1.54, 1.807) is 23.9 Å². The van der Waals surface area contributed by atoms with Crippen molar-refractivity contribution in [2.24, 2.45) is 7.05 Å². The molecule has 0 atom stereocenters. The highest BCUT2D eigenvalue weighted by atomic mass is 35.5. The van der Waals surface area contributed by atoms with Crippen molar-refractivity contribution < 1.29 is 14.1 Å². The Labute approximate surface area is 162 Å². The molecule has 0 aliphatic rings. The monoisotopic (exact) mass is 407 g/mol. The molecular weight excluding hydrogens is 394 g/mol. The molecule has 1 aromatic carbocycles. The van der Waals surface area contributed by atoms with E-state index < -0.39 is 4.92 Å². The molecule has 1 N–H and O–H groups in total. The average molecular weight is 408 g/mol. The standard InChI is InChI=1S/C16H14ClN5O4S/c1-9-11(5-6-26-9)15-19-20-16(21(15)2)27-8-14(23)18-13-4-3-10(22(24)25)7-12(13)17/h3-7H,8H2,1-2H3,(H,18,23). The van der Waals surface area contributed by atoms with Crippen molar-refractivity contribution in [3.63, 3.8) is 0 Å². The minimum absolute atomic E-state index is 0.0731. The highest BCUT2D eigenvalue weighted by molar-refractivity contribution is 7.99. The third kappa shape index (κ3) is 4.12. The largest absolute Gasteiger partial charge is 0.469 e. The van der Waals surface area contributed by atoms with Gasteiger partial charge >= 0.3 is 0 Å². The molecule has 3 aromatic rings. The summed E-state index contributed by atoms with van der Waals surface area (Å²) in [6.45, 7) is 1.83. The molecule has 0 saturated carbocycles. The van der Waals surface area contributed by atoms with Crippen molar-refractivity contribution in [2.75, 3.05) is 11.1 Å². The highest BCUT2D eigenvalue weighted by Gasteiger charge is 2.16. The summed E-state index contributed by atoms with van der Waals surface area (Å²) in [5.41, 5.74) is 0.994. The zero-order valence-electron chi connectivity index (χ0n) is 14.3. The molecule has 0 aliphatic carbocycles. The Kier molecular flexibility index (Phi) is 5.47. The van der Waals surface area contributed by atoms with Gasteiger partial charge in [0.1, 0.15) is 5.76 Å². The quantitative estimate of drug-likeness (QED) is 0.376. The SMILES string of the molecule is Cc1occc1-c1nnc(SCC(=O)Nc2ccc([N+](=O)[O-])cc2Cl)n1C. The molecule has 0 spiro atoms. The summed E-state index contributed by atoms with van der Waals surface area (Å²) in [7, 11) is 1.80. The number of non-ortho nitro benzene ring substituents is 1. The summed E-state index contributed by atoms with van der Waals surface area (Å²) < 4.78 is 7.05. The van der Waals surface area contributed by atoms with Crippen molar-refractivity contribution in [3.05, 3.63) is 51.4 Å². The smallest absolute Gasteiger partial charge is 0.271 e. The molecule has 11 heteroatoms. The van der Waals surface area contributed by atoms with Gasteiger partial charge in [-0.2, -0.15) is 0 Å². The maximum absolute atomic E-state index is 12.2. The Hall–Kier alpha value is -2.85.